The monoisotopic (exact) mass is 330 g/mol. The molecule has 1 aromatic carbocycles. The summed E-state index contributed by atoms with van der Waals surface area (Å²) < 4.78 is 5.11. The molecule has 0 spiro atoms. The van der Waals surface area contributed by atoms with Crippen LogP contribution in [0.25, 0.3) is 0 Å². The first kappa shape index (κ1) is 16.6. The fraction of sp³-hybridized carbons (Fsp3) is 0.533. The Morgan fingerprint density at radius 3 is 2.81 bits per heavy atom. The summed E-state index contributed by atoms with van der Waals surface area (Å²) in [5.41, 5.74) is 7.23. The lowest BCUT2D eigenvalue weighted by Gasteiger charge is -2.34. The SMILES string of the molecule is COCCN1C(=O)CCCC(N)C1c1ccc(Cl)c(Cl)c1. The van der Waals surface area contributed by atoms with Gasteiger partial charge in [-0.05, 0) is 30.5 Å². The van der Waals surface area contributed by atoms with Crippen LogP contribution in [0.4, 0.5) is 0 Å². The molecule has 0 radical (unpaired) electrons. The Balaban J connectivity index is 2.36. The minimum atomic E-state index is -0.190. The average molecular weight is 331 g/mol. The Morgan fingerprint density at radius 1 is 1.38 bits per heavy atom. The second-order valence-corrected chi connectivity index (χ2v) is 6.07. The normalized spacial score (nSPS) is 23.2. The summed E-state index contributed by atoms with van der Waals surface area (Å²) in [7, 11) is 1.62. The van der Waals surface area contributed by atoms with Crippen LogP contribution >= 0.6 is 23.2 Å². The zero-order valence-electron chi connectivity index (χ0n) is 12.0. The van der Waals surface area contributed by atoms with E-state index in [2.05, 4.69) is 0 Å². The molecule has 116 valence electrons. The maximum atomic E-state index is 12.4. The quantitative estimate of drug-likeness (QED) is 0.923. The third-order valence-corrected chi connectivity index (χ3v) is 4.55. The summed E-state index contributed by atoms with van der Waals surface area (Å²) >= 11 is 12.1. The standard InChI is InChI=1S/C15H20Cl2N2O2/c1-21-8-7-19-14(20)4-2-3-13(18)15(19)10-5-6-11(16)12(17)9-10/h5-6,9,13,15H,2-4,7-8,18H2,1H3. The third-order valence-electron chi connectivity index (χ3n) is 3.81. The highest BCUT2D eigenvalue weighted by Gasteiger charge is 2.32. The predicted molar refractivity (Wildman–Crippen MR) is 84.6 cm³/mol. The van der Waals surface area contributed by atoms with Gasteiger partial charge in [-0.2, -0.15) is 0 Å². The molecule has 0 aliphatic carbocycles. The number of methoxy groups -OCH3 is 1. The van der Waals surface area contributed by atoms with Gasteiger partial charge in [0.1, 0.15) is 0 Å². The number of hydrogen-bond acceptors (Lipinski definition) is 3. The topological polar surface area (TPSA) is 55.6 Å². The molecule has 0 aromatic heterocycles. The summed E-state index contributed by atoms with van der Waals surface area (Å²) in [4.78, 5) is 14.2. The molecule has 21 heavy (non-hydrogen) atoms. The van der Waals surface area contributed by atoms with Crippen molar-refractivity contribution in [1.82, 2.24) is 4.90 Å². The van der Waals surface area contributed by atoms with E-state index in [0.717, 1.165) is 18.4 Å². The van der Waals surface area contributed by atoms with Crippen molar-refractivity contribution in [1.29, 1.82) is 0 Å². The Labute approximate surface area is 135 Å². The van der Waals surface area contributed by atoms with Crippen LogP contribution in [-0.4, -0.2) is 37.1 Å². The van der Waals surface area contributed by atoms with Gasteiger partial charge in [0, 0.05) is 26.1 Å². The van der Waals surface area contributed by atoms with Gasteiger partial charge in [-0.1, -0.05) is 29.3 Å². The Hall–Kier alpha value is -0.810. The minimum Gasteiger partial charge on any atom is -0.383 e. The number of likely N-dealkylation sites (tertiary alicyclic amines) is 1. The van der Waals surface area contributed by atoms with Crippen LogP contribution in [0.1, 0.15) is 30.9 Å². The van der Waals surface area contributed by atoms with E-state index in [4.69, 9.17) is 33.7 Å². The fourth-order valence-electron chi connectivity index (χ4n) is 2.75. The number of hydrogen-bond donors (Lipinski definition) is 1. The Kier molecular flexibility index (Phi) is 5.88. The Bertz CT molecular complexity index is 510. The molecule has 1 amide bonds. The van der Waals surface area contributed by atoms with E-state index in [-0.39, 0.29) is 18.0 Å². The van der Waals surface area contributed by atoms with E-state index in [1.54, 1.807) is 24.1 Å². The molecule has 0 bridgehead atoms. The highest BCUT2D eigenvalue weighted by Crippen LogP contribution is 2.33. The molecule has 1 aromatic rings. The van der Waals surface area contributed by atoms with Crippen LogP contribution in [-0.2, 0) is 9.53 Å². The van der Waals surface area contributed by atoms with Crippen molar-refractivity contribution in [2.75, 3.05) is 20.3 Å². The number of halogens is 2. The van der Waals surface area contributed by atoms with Crippen molar-refractivity contribution in [2.45, 2.75) is 31.3 Å². The second-order valence-electron chi connectivity index (χ2n) is 5.25. The number of carbonyl (C=O) groups excluding carboxylic acids is 1. The lowest BCUT2D eigenvalue weighted by Crippen LogP contribution is -2.43. The summed E-state index contributed by atoms with van der Waals surface area (Å²) in [6.45, 7) is 1.00. The van der Waals surface area contributed by atoms with Gasteiger partial charge in [0.05, 0.1) is 22.7 Å². The van der Waals surface area contributed by atoms with Crippen LogP contribution in [0.5, 0.6) is 0 Å². The largest absolute Gasteiger partial charge is 0.383 e. The first-order valence-electron chi connectivity index (χ1n) is 7.03. The molecule has 2 unspecified atom stereocenters. The highest BCUT2D eigenvalue weighted by atomic mass is 35.5. The van der Waals surface area contributed by atoms with E-state index in [1.165, 1.54) is 0 Å². The molecular weight excluding hydrogens is 311 g/mol. The van der Waals surface area contributed by atoms with Crippen molar-refractivity contribution in [3.63, 3.8) is 0 Å². The van der Waals surface area contributed by atoms with Gasteiger partial charge in [0.15, 0.2) is 0 Å². The van der Waals surface area contributed by atoms with Crippen molar-refractivity contribution in [3.05, 3.63) is 33.8 Å². The molecular formula is C15H20Cl2N2O2. The van der Waals surface area contributed by atoms with Crippen LogP contribution in [0.2, 0.25) is 10.0 Å². The summed E-state index contributed by atoms with van der Waals surface area (Å²) in [6.07, 6.45) is 2.14. The molecule has 1 fully saturated rings. The number of nitrogens with zero attached hydrogens (tertiary/aromatic N) is 1. The van der Waals surface area contributed by atoms with E-state index in [9.17, 15) is 4.79 Å². The van der Waals surface area contributed by atoms with Gasteiger partial charge < -0.3 is 15.4 Å². The summed E-state index contributed by atoms with van der Waals surface area (Å²) in [5, 5.41) is 0.974. The van der Waals surface area contributed by atoms with E-state index in [0.29, 0.717) is 29.6 Å². The lowest BCUT2D eigenvalue weighted by molar-refractivity contribution is -0.134. The van der Waals surface area contributed by atoms with Gasteiger partial charge in [0.25, 0.3) is 0 Å². The predicted octanol–water partition coefficient (Wildman–Crippen LogP) is 3.02. The fourth-order valence-corrected chi connectivity index (χ4v) is 3.06. The molecule has 2 atom stereocenters. The van der Waals surface area contributed by atoms with Crippen LogP contribution < -0.4 is 5.73 Å². The first-order chi connectivity index (χ1) is 10.0. The molecule has 0 saturated carbocycles. The molecule has 2 N–H and O–H groups in total. The molecule has 1 heterocycles. The van der Waals surface area contributed by atoms with Crippen molar-refractivity contribution >= 4 is 29.1 Å². The highest BCUT2D eigenvalue weighted by molar-refractivity contribution is 6.42. The van der Waals surface area contributed by atoms with E-state index in [1.807, 2.05) is 6.07 Å². The van der Waals surface area contributed by atoms with Gasteiger partial charge in [-0.15, -0.1) is 0 Å². The maximum Gasteiger partial charge on any atom is 0.223 e. The number of nitrogens with two attached hydrogens (primary N) is 1. The molecule has 2 rings (SSSR count). The number of carbonyl (C=O) groups is 1. The molecule has 1 aliphatic rings. The molecule has 1 saturated heterocycles. The zero-order valence-corrected chi connectivity index (χ0v) is 13.5. The van der Waals surface area contributed by atoms with Crippen LogP contribution in [0.15, 0.2) is 18.2 Å². The lowest BCUT2D eigenvalue weighted by atomic mass is 9.96. The van der Waals surface area contributed by atoms with Gasteiger partial charge in [0.2, 0.25) is 5.91 Å². The van der Waals surface area contributed by atoms with Gasteiger partial charge >= 0.3 is 0 Å². The molecule has 6 heteroatoms. The van der Waals surface area contributed by atoms with E-state index >= 15 is 0 Å². The number of amides is 1. The Morgan fingerprint density at radius 2 is 2.14 bits per heavy atom. The van der Waals surface area contributed by atoms with Crippen molar-refractivity contribution in [3.8, 4) is 0 Å². The number of rotatable bonds is 4. The average Bonchev–Trinajstić information content (AvgIpc) is 2.59. The van der Waals surface area contributed by atoms with Crippen LogP contribution in [0, 0.1) is 0 Å². The van der Waals surface area contributed by atoms with Crippen LogP contribution in [0.3, 0.4) is 0 Å². The first-order valence-corrected chi connectivity index (χ1v) is 7.79. The smallest absolute Gasteiger partial charge is 0.223 e. The second kappa shape index (κ2) is 7.45. The van der Waals surface area contributed by atoms with Gasteiger partial charge in [-0.3, -0.25) is 4.79 Å². The maximum absolute atomic E-state index is 12.4. The summed E-state index contributed by atoms with van der Waals surface area (Å²) in [5.74, 6) is 0.107. The third kappa shape index (κ3) is 3.89. The molecule has 4 nitrogen and oxygen atoms in total. The number of ether oxygens (including phenoxy) is 1. The van der Waals surface area contributed by atoms with E-state index < -0.39 is 0 Å². The van der Waals surface area contributed by atoms with Crippen molar-refractivity contribution in [2.24, 2.45) is 5.73 Å². The van der Waals surface area contributed by atoms with Gasteiger partial charge in [-0.25, -0.2) is 0 Å². The summed E-state index contributed by atoms with van der Waals surface area (Å²) in [6, 6.07) is 5.12. The minimum absolute atomic E-state index is 0.107. The van der Waals surface area contributed by atoms with Crippen molar-refractivity contribution < 1.29 is 9.53 Å². The zero-order chi connectivity index (χ0) is 15.4. The number of benzene rings is 1. The molecule has 1 aliphatic heterocycles.